The second-order valence-corrected chi connectivity index (χ2v) is 7.88. The molecule has 2 fully saturated rings. The van der Waals surface area contributed by atoms with Gasteiger partial charge in [0.25, 0.3) is 6.01 Å². The number of hydrogen-bond donors (Lipinski definition) is 1. The number of methoxy groups -OCH3 is 1. The molecule has 154 valence electrons. The van der Waals surface area contributed by atoms with Crippen LogP contribution in [0.25, 0.3) is 11.2 Å². The van der Waals surface area contributed by atoms with Crippen molar-refractivity contribution in [3.05, 3.63) is 0 Å². The third-order valence-electron chi connectivity index (χ3n) is 5.63. The summed E-state index contributed by atoms with van der Waals surface area (Å²) in [4.78, 5) is 13.3. The highest BCUT2D eigenvalue weighted by molar-refractivity contribution is 5.83. The molecule has 8 nitrogen and oxygen atoms in total. The topological polar surface area (TPSA) is 97.3 Å². The Balaban J connectivity index is 1.41. The van der Waals surface area contributed by atoms with Crippen LogP contribution >= 0.6 is 0 Å². The van der Waals surface area contributed by atoms with Crippen LogP contribution in [0.15, 0.2) is 0 Å². The summed E-state index contributed by atoms with van der Waals surface area (Å²) >= 11 is 0. The van der Waals surface area contributed by atoms with Crippen molar-refractivity contribution in [2.75, 3.05) is 26.1 Å². The molecule has 2 N–H and O–H groups in total. The molecule has 2 aliphatic rings. The Kier molecular flexibility index (Phi) is 6.14. The third-order valence-corrected chi connectivity index (χ3v) is 5.63. The Morgan fingerprint density at radius 2 is 2.00 bits per heavy atom. The van der Waals surface area contributed by atoms with Crippen LogP contribution < -0.4 is 15.2 Å². The van der Waals surface area contributed by atoms with Gasteiger partial charge in [0.1, 0.15) is 0 Å². The maximum Gasteiger partial charge on any atom is 0.320 e. The van der Waals surface area contributed by atoms with Gasteiger partial charge in [0.15, 0.2) is 17.0 Å². The lowest BCUT2D eigenvalue weighted by Crippen LogP contribution is -2.18. The fraction of sp³-hybridized carbons (Fsp3) is 0.750. The predicted octanol–water partition coefficient (Wildman–Crippen LogP) is 3.34. The van der Waals surface area contributed by atoms with Crippen LogP contribution in [0.2, 0.25) is 0 Å². The van der Waals surface area contributed by atoms with E-state index in [0.717, 1.165) is 44.8 Å². The van der Waals surface area contributed by atoms with E-state index in [0.29, 0.717) is 41.7 Å². The fourth-order valence-electron chi connectivity index (χ4n) is 3.80. The summed E-state index contributed by atoms with van der Waals surface area (Å²) in [5.74, 6) is 1.14. The molecular weight excluding hydrogens is 358 g/mol. The highest BCUT2D eigenvalue weighted by atomic mass is 16.5. The van der Waals surface area contributed by atoms with Gasteiger partial charge in [0, 0.05) is 13.2 Å². The number of nitrogen functional groups attached to an aromatic ring is 1. The first kappa shape index (κ1) is 19.2. The van der Waals surface area contributed by atoms with E-state index in [2.05, 4.69) is 15.0 Å². The Morgan fingerprint density at radius 3 is 2.75 bits per heavy atom. The number of ether oxygens (including phenoxy) is 3. The zero-order valence-corrected chi connectivity index (χ0v) is 16.7. The molecule has 2 aromatic rings. The van der Waals surface area contributed by atoms with Crippen LogP contribution in [0.4, 0.5) is 5.82 Å². The van der Waals surface area contributed by atoms with Crippen molar-refractivity contribution >= 4 is 17.0 Å². The summed E-state index contributed by atoms with van der Waals surface area (Å²) in [6.07, 6.45) is 10.9. The molecule has 1 saturated heterocycles. The summed E-state index contributed by atoms with van der Waals surface area (Å²) in [5, 5.41) is 0. The number of nitrogens with two attached hydrogens (primary N) is 1. The lowest BCUT2D eigenvalue weighted by atomic mass is 10.0. The van der Waals surface area contributed by atoms with Crippen molar-refractivity contribution in [1.82, 2.24) is 19.5 Å². The smallest absolute Gasteiger partial charge is 0.320 e. The molecule has 1 aliphatic carbocycles. The van der Waals surface area contributed by atoms with Gasteiger partial charge in [0.2, 0.25) is 0 Å². The van der Waals surface area contributed by atoms with Crippen molar-refractivity contribution in [1.29, 1.82) is 0 Å². The Bertz CT molecular complexity index is 784. The number of hydrogen-bond acceptors (Lipinski definition) is 7. The molecule has 4 rings (SSSR count). The first-order chi connectivity index (χ1) is 13.7. The Hall–Kier alpha value is -2.09. The minimum absolute atomic E-state index is 0.324. The summed E-state index contributed by atoms with van der Waals surface area (Å²) in [6, 6.07) is 0.838. The molecule has 3 heterocycles. The number of unbranched alkanes of at least 4 members (excludes halogenated alkanes) is 1. The van der Waals surface area contributed by atoms with Crippen LogP contribution in [-0.2, 0) is 11.3 Å². The van der Waals surface area contributed by atoms with Gasteiger partial charge in [-0.2, -0.15) is 15.0 Å². The summed E-state index contributed by atoms with van der Waals surface area (Å²) in [6.45, 7) is 2.30. The molecular formula is C20H31N5O3. The number of aromatic nitrogens is 4. The third kappa shape index (κ3) is 4.66. The average Bonchev–Trinajstić information content (AvgIpc) is 3.46. The minimum atomic E-state index is 0.324. The molecule has 1 saturated carbocycles. The van der Waals surface area contributed by atoms with Crippen molar-refractivity contribution < 1.29 is 14.2 Å². The van der Waals surface area contributed by atoms with Crippen molar-refractivity contribution in [3.8, 4) is 12.0 Å². The van der Waals surface area contributed by atoms with Crippen molar-refractivity contribution in [3.63, 3.8) is 0 Å². The average molecular weight is 390 g/mol. The van der Waals surface area contributed by atoms with E-state index in [1.165, 1.54) is 32.1 Å². The molecule has 0 bridgehead atoms. The Labute approximate surface area is 165 Å². The molecule has 8 heteroatoms. The van der Waals surface area contributed by atoms with Crippen molar-refractivity contribution in [2.45, 2.75) is 70.4 Å². The summed E-state index contributed by atoms with van der Waals surface area (Å²) < 4.78 is 19.0. The van der Waals surface area contributed by atoms with Gasteiger partial charge in [0.05, 0.1) is 19.8 Å². The lowest BCUT2D eigenvalue weighted by molar-refractivity contribution is 0.00970. The van der Waals surface area contributed by atoms with Crippen LogP contribution in [0.5, 0.6) is 12.0 Å². The fourth-order valence-corrected chi connectivity index (χ4v) is 3.80. The highest BCUT2D eigenvalue weighted by Crippen LogP contribution is 2.32. The maximum atomic E-state index is 6.11. The van der Waals surface area contributed by atoms with Gasteiger partial charge in [-0.05, 0) is 50.9 Å². The number of rotatable bonds is 10. The SMILES string of the molecule is COc1nc2c(N)nc(OCCC3CC3)nc2n1CCCCC1CCCCO1. The van der Waals surface area contributed by atoms with E-state index in [9.17, 15) is 0 Å². The van der Waals surface area contributed by atoms with Gasteiger partial charge in [-0.1, -0.05) is 12.8 Å². The van der Waals surface area contributed by atoms with Gasteiger partial charge < -0.3 is 19.9 Å². The van der Waals surface area contributed by atoms with E-state index < -0.39 is 0 Å². The van der Waals surface area contributed by atoms with Crippen molar-refractivity contribution in [2.24, 2.45) is 5.92 Å². The van der Waals surface area contributed by atoms with Crippen LogP contribution in [0, 0.1) is 5.92 Å². The molecule has 0 aromatic carbocycles. The van der Waals surface area contributed by atoms with Gasteiger partial charge in [-0.25, -0.2) is 0 Å². The van der Waals surface area contributed by atoms with Gasteiger partial charge in [-0.15, -0.1) is 0 Å². The van der Waals surface area contributed by atoms with E-state index in [4.69, 9.17) is 19.9 Å². The zero-order valence-electron chi connectivity index (χ0n) is 16.7. The monoisotopic (exact) mass is 389 g/mol. The van der Waals surface area contributed by atoms with Crippen LogP contribution in [-0.4, -0.2) is 45.9 Å². The normalized spacial score (nSPS) is 19.8. The Morgan fingerprint density at radius 1 is 1.11 bits per heavy atom. The van der Waals surface area contributed by atoms with E-state index >= 15 is 0 Å². The van der Waals surface area contributed by atoms with E-state index in [1.54, 1.807) is 7.11 Å². The largest absolute Gasteiger partial charge is 0.468 e. The zero-order chi connectivity index (χ0) is 19.3. The first-order valence-electron chi connectivity index (χ1n) is 10.6. The molecule has 0 amide bonds. The van der Waals surface area contributed by atoms with Gasteiger partial charge in [-0.3, -0.25) is 4.57 Å². The molecule has 28 heavy (non-hydrogen) atoms. The predicted molar refractivity (Wildman–Crippen MR) is 107 cm³/mol. The second-order valence-electron chi connectivity index (χ2n) is 7.88. The van der Waals surface area contributed by atoms with Gasteiger partial charge >= 0.3 is 6.01 Å². The summed E-state index contributed by atoms with van der Waals surface area (Å²) in [7, 11) is 1.62. The second kappa shape index (κ2) is 8.94. The number of anilines is 1. The standard InChI is InChI=1S/C20H31N5O3/c1-26-20-22-16-17(21)23-19(28-13-10-14-8-9-14)24-18(16)25(20)11-4-2-6-15-7-3-5-12-27-15/h14-15H,2-13H2,1H3,(H2,21,23,24). The highest BCUT2D eigenvalue weighted by Gasteiger charge is 2.22. The molecule has 0 radical (unpaired) electrons. The van der Waals surface area contributed by atoms with E-state index in [-0.39, 0.29) is 0 Å². The maximum absolute atomic E-state index is 6.11. The van der Waals surface area contributed by atoms with Crippen LogP contribution in [0.3, 0.4) is 0 Å². The molecule has 1 atom stereocenters. The quantitative estimate of drug-likeness (QED) is 0.622. The molecule has 0 spiro atoms. The first-order valence-corrected chi connectivity index (χ1v) is 10.6. The molecule has 1 unspecified atom stereocenters. The van der Waals surface area contributed by atoms with E-state index in [1.807, 2.05) is 4.57 Å². The minimum Gasteiger partial charge on any atom is -0.468 e. The number of aryl methyl sites for hydroxylation is 1. The molecule has 1 aliphatic heterocycles. The number of imidazole rings is 1. The van der Waals surface area contributed by atoms with Crippen LogP contribution in [0.1, 0.15) is 57.8 Å². The number of fused-ring (bicyclic) bond motifs is 1. The lowest BCUT2D eigenvalue weighted by Gasteiger charge is -2.22. The molecule has 2 aromatic heterocycles. The number of nitrogens with zero attached hydrogens (tertiary/aromatic N) is 4. The summed E-state index contributed by atoms with van der Waals surface area (Å²) in [5.41, 5.74) is 7.36.